The minimum absolute atomic E-state index is 0.00952. The molecule has 10 nitrogen and oxygen atoms in total. The molecule has 5 atom stereocenters. The van der Waals surface area contributed by atoms with Crippen molar-refractivity contribution in [2.75, 3.05) is 18.3 Å². The Balaban J connectivity index is 2.21. The van der Waals surface area contributed by atoms with Crippen molar-refractivity contribution in [2.24, 2.45) is 0 Å². The van der Waals surface area contributed by atoms with Crippen molar-refractivity contribution in [2.45, 2.75) is 36.3 Å². The number of imidazole rings is 1. The zero-order valence-electron chi connectivity index (χ0n) is 13.5. The van der Waals surface area contributed by atoms with Crippen LogP contribution < -0.4 is 17.1 Å². The van der Waals surface area contributed by atoms with Gasteiger partial charge in [0, 0.05) is 0 Å². The lowest BCUT2D eigenvalue weighted by Crippen LogP contribution is -2.43. The maximum Gasteiger partial charge on any atom is 0.301 e. The van der Waals surface area contributed by atoms with Gasteiger partial charge in [-0.25, -0.2) is 9.37 Å². The molecule has 0 radical (unpaired) electrons. The molecule has 0 aromatic carbocycles. The molecule has 2 aromatic rings. The Morgan fingerprint density at radius 1 is 1.62 bits per heavy atom. The van der Waals surface area contributed by atoms with E-state index in [0.29, 0.717) is 4.68 Å². The highest BCUT2D eigenvalue weighted by Crippen LogP contribution is 2.44. The summed E-state index contributed by atoms with van der Waals surface area (Å²) in [7, 11) is 0. The van der Waals surface area contributed by atoms with Crippen molar-refractivity contribution in [1.82, 2.24) is 19.2 Å². The van der Waals surface area contributed by atoms with Crippen molar-refractivity contribution < 1.29 is 19.3 Å². The molecule has 0 aliphatic carbocycles. The number of hydrogen-bond acceptors (Lipinski definition) is 8. The third-order valence-corrected chi connectivity index (χ3v) is 4.62. The van der Waals surface area contributed by atoms with E-state index in [1.165, 1.54) is 17.8 Å². The van der Waals surface area contributed by atoms with Gasteiger partial charge in [-0.05, 0) is 6.92 Å². The molecule has 2 aromatic heterocycles. The SMILES string of the molecule is C[C@H](O)[C@H]1O[C@@H](n2cnc3c(=O)n(N)c(N)nc32)[C@@](Cl)(C#CCF)C1O. The van der Waals surface area contributed by atoms with E-state index in [1.807, 2.05) is 0 Å². The van der Waals surface area contributed by atoms with Gasteiger partial charge in [0.2, 0.25) is 5.95 Å². The molecule has 3 rings (SSSR count). The molecule has 1 fully saturated rings. The number of rotatable bonds is 2. The van der Waals surface area contributed by atoms with Gasteiger partial charge in [0.15, 0.2) is 22.3 Å². The molecule has 26 heavy (non-hydrogen) atoms. The Labute approximate surface area is 151 Å². The average Bonchev–Trinajstić information content (AvgIpc) is 3.11. The lowest BCUT2D eigenvalue weighted by atomic mass is 9.96. The zero-order chi connectivity index (χ0) is 19.2. The molecule has 1 saturated heterocycles. The molecule has 1 unspecified atom stereocenters. The topological polar surface area (TPSA) is 154 Å². The number of anilines is 1. The largest absolute Gasteiger partial charge is 0.391 e. The van der Waals surface area contributed by atoms with Crippen LogP contribution in [-0.4, -0.2) is 59.3 Å². The summed E-state index contributed by atoms with van der Waals surface area (Å²) in [5, 5.41) is 20.3. The second kappa shape index (κ2) is 6.40. The molecule has 3 heterocycles. The molecule has 6 N–H and O–H groups in total. The first-order valence-corrected chi connectivity index (χ1v) is 7.86. The molecular weight excluding hydrogens is 371 g/mol. The Hall–Kier alpha value is -2.39. The lowest BCUT2D eigenvalue weighted by Gasteiger charge is -2.25. The highest BCUT2D eigenvalue weighted by atomic mass is 35.5. The molecule has 0 bridgehead atoms. The van der Waals surface area contributed by atoms with E-state index in [-0.39, 0.29) is 17.1 Å². The van der Waals surface area contributed by atoms with Crippen molar-refractivity contribution in [3.8, 4) is 11.8 Å². The number of nitrogens with two attached hydrogens (primary N) is 2. The summed E-state index contributed by atoms with van der Waals surface area (Å²) in [5.74, 6) is 9.78. The van der Waals surface area contributed by atoms with Crippen LogP contribution in [-0.2, 0) is 4.74 Å². The number of aliphatic hydroxyl groups excluding tert-OH is 2. The number of nitrogens with zero attached hydrogens (tertiary/aromatic N) is 4. The molecule has 12 heteroatoms. The first-order chi connectivity index (χ1) is 12.2. The highest BCUT2D eigenvalue weighted by molar-refractivity contribution is 6.27. The second-order valence-electron chi connectivity index (χ2n) is 5.81. The minimum atomic E-state index is -1.82. The molecule has 0 amide bonds. The Morgan fingerprint density at radius 3 is 2.92 bits per heavy atom. The number of alkyl halides is 2. The van der Waals surface area contributed by atoms with Gasteiger partial charge in [0.25, 0.3) is 0 Å². The normalized spacial score (nSPS) is 29.5. The number of nitrogen functional groups attached to an aromatic ring is 2. The van der Waals surface area contributed by atoms with Gasteiger partial charge >= 0.3 is 5.56 Å². The fraction of sp³-hybridized carbons (Fsp3) is 0.500. The summed E-state index contributed by atoms with van der Waals surface area (Å²) in [6.45, 7) is 0.395. The van der Waals surface area contributed by atoms with Crippen LogP contribution in [0.4, 0.5) is 10.3 Å². The summed E-state index contributed by atoms with van der Waals surface area (Å²) >= 11 is 6.47. The van der Waals surface area contributed by atoms with Gasteiger partial charge in [-0.3, -0.25) is 9.36 Å². The number of aliphatic hydroxyl groups is 2. The number of halogens is 2. The van der Waals surface area contributed by atoms with Gasteiger partial charge in [-0.2, -0.15) is 9.66 Å². The van der Waals surface area contributed by atoms with Crippen LogP contribution in [0.3, 0.4) is 0 Å². The molecule has 140 valence electrons. The van der Waals surface area contributed by atoms with Gasteiger partial charge in [0.05, 0.1) is 12.4 Å². The van der Waals surface area contributed by atoms with E-state index in [0.717, 1.165) is 0 Å². The number of hydrogen-bond donors (Lipinski definition) is 4. The van der Waals surface area contributed by atoms with E-state index in [1.54, 1.807) is 0 Å². The summed E-state index contributed by atoms with van der Waals surface area (Å²) in [6.07, 6.45) is -3.72. The van der Waals surface area contributed by atoms with Gasteiger partial charge in [0.1, 0.15) is 18.9 Å². The van der Waals surface area contributed by atoms with Crippen molar-refractivity contribution in [3.63, 3.8) is 0 Å². The summed E-state index contributed by atoms with van der Waals surface area (Å²) in [5.41, 5.74) is 4.78. The average molecular weight is 387 g/mol. The van der Waals surface area contributed by atoms with E-state index >= 15 is 0 Å². The quantitative estimate of drug-likeness (QED) is 0.275. The second-order valence-corrected chi connectivity index (χ2v) is 6.44. The maximum atomic E-state index is 12.6. The van der Waals surface area contributed by atoms with Crippen LogP contribution in [0.2, 0.25) is 0 Å². The van der Waals surface area contributed by atoms with Gasteiger partial charge < -0.3 is 26.5 Å². The lowest BCUT2D eigenvalue weighted by molar-refractivity contribution is -0.0752. The molecule has 1 aliphatic heterocycles. The molecule has 1 aliphatic rings. The Kier molecular flexibility index (Phi) is 4.53. The summed E-state index contributed by atoms with van der Waals surface area (Å²) < 4.78 is 20.1. The van der Waals surface area contributed by atoms with Crippen LogP contribution in [0.25, 0.3) is 11.2 Å². The van der Waals surface area contributed by atoms with Crippen molar-refractivity contribution in [1.29, 1.82) is 0 Å². The summed E-state index contributed by atoms with van der Waals surface area (Å²) in [4.78, 5) is 18.2. The third-order valence-electron chi connectivity index (χ3n) is 4.12. The van der Waals surface area contributed by atoms with Crippen LogP contribution in [0.5, 0.6) is 0 Å². The van der Waals surface area contributed by atoms with Crippen LogP contribution in [0.1, 0.15) is 13.2 Å². The number of aromatic nitrogens is 4. The molecule has 0 saturated carbocycles. The monoisotopic (exact) mass is 386 g/mol. The first-order valence-electron chi connectivity index (χ1n) is 7.49. The fourth-order valence-electron chi connectivity index (χ4n) is 2.83. The van der Waals surface area contributed by atoms with E-state index in [4.69, 9.17) is 27.9 Å². The van der Waals surface area contributed by atoms with E-state index in [9.17, 15) is 19.4 Å². The number of fused-ring (bicyclic) bond motifs is 1. The Morgan fingerprint density at radius 2 is 2.31 bits per heavy atom. The Bertz CT molecular complexity index is 966. The fourth-order valence-corrected chi connectivity index (χ4v) is 3.17. The minimum Gasteiger partial charge on any atom is -0.391 e. The van der Waals surface area contributed by atoms with Crippen molar-refractivity contribution >= 4 is 28.7 Å². The van der Waals surface area contributed by atoms with Crippen LogP contribution >= 0.6 is 11.6 Å². The smallest absolute Gasteiger partial charge is 0.301 e. The standard InChI is InChI=1S/C14H16ClFN6O4/c1-6(23)8-9(24)14(15,3-2-4-16)12(26-8)21-5-19-7-10(21)20-13(17)22(18)11(7)25/h5-6,8-9,12,23-24H,4,18H2,1H3,(H2,17,20)/t6-,8+,9?,12+,14+/m0/s1. The maximum absolute atomic E-state index is 12.6. The molecular formula is C14H16ClFN6O4. The van der Waals surface area contributed by atoms with Crippen molar-refractivity contribution in [3.05, 3.63) is 16.7 Å². The van der Waals surface area contributed by atoms with Crippen LogP contribution in [0.15, 0.2) is 11.1 Å². The summed E-state index contributed by atoms with van der Waals surface area (Å²) in [6, 6.07) is 0. The molecule has 0 spiro atoms. The highest BCUT2D eigenvalue weighted by Gasteiger charge is 2.57. The zero-order valence-corrected chi connectivity index (χ0v) is 14.3. The van der Waals surface area contributed by atoms with Gasteiger partial charge in [-0.15, -0.1) is 0 Å². The first kappa shape index (κ1) is 18.4. The predicted octanol–water partition coefficient (Wildman–Crippen LogP) is -1.52. The third kappa shape index (κ3) is 2.58. The number of ether oxygens (including phenoxy) is 1. The van der Waals surface area contributed by atoms with E-state index < -0.39 is 41.6 Å². The van der Waals surface area contributed by atoms with E-state index in [2.05, 4.69) is 21.8 Å². The van der Waals surface area contributed by atoms with Crippen LogP contribution in [0, 0.1) is 11.8 Å². The predicted molar refractivity (Wildman–Crippen MR) is 90.3 cm³/mol. The van der Waals surface area contributed by atoms with Gasteiger partial charge in [-0.1, -0.05) is 23.4 Å².